The van der Waals surface area contributed by atoms with E-state index in [1.54, 1.807) is 18.2 Å². The van der Waals surface area contributed by atoms with Crippen LogP contribution in [-0.2, 0) is 0 Å². The van der Waals surface area contributed by atoms with Crippen molar-refractivity contribution in [1.82, 2.24) is 0 Å². The SMILES string of the molecule is CCCOc1cc(NC(C)CC(F)(F)F)ccc1N. The molecule has 0 saturated heterocycles. The Hall–Kier alpha value is -1.59. The van der Waals surface area contributed by atoms with Gasteiger partial charge >= 0.3 is 6.18 Å². The van der Waals surface area contributed by atoms with E-state index >= 15 is 0 Å². The van der Waals surface area contributed by atoms with Crippen LogP contribution in [0.3, 0.4) is 0 Å². The van der Waals surface area contributed by atoms with Gasteiger partial charge < -0.3 is 15.8 Å². The summed E-state index contributed by atoms with van der Waals surface area (Å²) in [6.07, 6.45) is -4.23. The van der Waals surface area contributed by atoms with Gasteiger partial charge in [0, 0.05) is 17.8 Å². The standard InChI is InChI=1S/C13H19F3N2O/c1-3-6-19-12-7-10(4-5-11(12)17)18-9(2)8-13(14,15)16/h4-5,7,9,18H,3,6,8,17H2,1-2H3. The molecule has 0 radical (unpaired) electrons. The second-order valence-electron chi connectivity index (χ2n) is 4.47. The molecule has 0 aliphatic rings. The summed E-state index contributed by atoms with van der Waals surface area (Å²) in [4.78, 5) is 0. The molecule has 6 heteroatoms. The molecule has 19 heavy (non-hydrogen) atoms. The van der Waals surface area contributed by atoms with E-state index in [0.717, 1.165) is 6.42 Å². The number of nitrogen functional groups attached to an aromatic ring is 1. The topological polar surface area (TPSA) is 47.3 Å². The molecule has 0 bridgehead atoms. The molecule has 1 unspecified atom stereocenters. The fourth-order valence-corrected chi connectivity index (χ4v) is 1.64. The van der Waals surface area contributed by atoms with Crippen LogP contribution in [0, 0.1) is 0 Å². The largest absolute Gasteiger partial charge is 0.491 e. The molecule has 1 aromatic carbocycles. The Bertz CT molecular complexity index is 407. The highest BCUT2D eigenvalue weighted by atomic mass is 19.4. The van der Waals surface area contributed by atoms with Crippen LogP contribution in [0.2, 0.25) is 0 Å². The summed E-state index contributed by atoms with van der Waals surface area (Å²) in [5.74, 6) is 0.492. The zero-order valence-electron chi connectivity index (χ0n) is 11.1. The average Bonchev–Trinajstić information content (AvgIpc) is 2.27. The van der Waals surface area contributed by atoms with Gasteiger partial charge in [-0.2, -0.15) is 13.2 Å². The summed E-state index contributed by atoms with van der Waals surface area (Å²) >= 11 is 0. The third-order valence-corrected chi connectivity index (χ3v) is 2.43. The van der Waals surface area contributed by atoms with Gasteiger partial charge in [-0.25, -0.2) is 0 Å². The second-order valence-corrected chi connectivity index (χ2v) is 4.47. The van der Waals surface area contributed by atoms with Gasteiger partial charge in [0.2, 0.25) is 0 Å². The number of nitrogens with one attached hydrogen (secondary N) is 1. The van der Waals surface area contributed by atoms with Crippen molar-refractivity contribution < 1.29 is 17.9 Å². The third-order valence-electron chi connectivity index (χ3n) is 2.43. The first-order chi connectivity index (χ1) is 8.81. The molecule has 1 aromatic rings. The van der Waals surface area contributed by atoms with Gasteiger partial charge in [0.05, 0.1) is 18.7 Å². The van der Waals surface area contributed by atoms with E-state index in [4.69, 9.17) is 10.5 Å². The monoisotopic (exact) mass is 276 g/mol. The number of nitrogens with two attached hydrogens (primary N) is 1. The van der Waals surface area contributed by atoms with Crippen molar-refractivity contribution in [3.8, 4) is 5.75 Å². The van der Waals surface area contributed by atoms with Crippen molar-refractivity contribution in [2.75, 3.05) is 17.7 Å². The van der Waals surface area contributed by atoms with E-state index in [1.807, 2.05) is 6.92 Å². The molecule has 0 heterocycles. The van der Waals surface area contributed by atoms with Crippen molar-refractivity contribution in [3.63, 3.8) is 0 Å². The van der Waals surface area contributed by atoms with Gasteiger partial charge in [-0.1, -0.05) is 6.92 Å². The molecule has 0 amide bonds. The lowest BCUT2D eigenvalue weighted by Gasteiger charge is -2.18. The number of anilines is 2. The van der Waals surface area contributed by atoms with E-state index in [9.17, 15) is 13.2 Å². The summed E-state index contributed by atoms with van der Waals surface area (Å²) in [6, 6.07) is 4.18. The van der Waals surface area contributed by atoms with Crippen LogP contribution in [0.15, 0.2) is 18.2 Å². The van der Waals surface area contributed by atoms with E-state index in [-0.39, 0.29) is 0 Å². The van der Waals surface area contributed by atoms with Gasteiger partial charge in [0.1, 0.15) is 5.75 Å². The van der Waals surface area contributed by atoms with Gasteiger partial charge in [-0.05, 0) is 25.5 Å². The minimum absolute atomic E-state index is 0.475. The number of alkyl halides is 3. The summed E-state index contributed by atoms with van der Waals surface area (Å²) in [7, 11) is 0. The molecule has 1 rings (SSSR count). The summed E-state index contributed by atoms with van der Waals surface area (Å²) in [6.45, 7) is 3.96. The van der Waals surface area contributed by atoms with Crippen molar-refractivity contribution >= 4 is 11.4 Å². The van der Waals surface area contributed by atoms with Crippen LogP contribution in [-0.4, -0.2) is 18.8 Å². The number of ether oxygens (including phenoxy) is 1. The fraction of sp³-hybridized carbons (Fsp3) is 0.538. The zero-order chi connectivity index (χ0) is 14.5. The quantitative estimate of drug-likeness (QED) is 0.777. The van der Waals surface area contributed by atoms with Crippen LogP contribution in [0.1, 0.15) is 26.7 Å². The molecule has 0 fully saturated rings. The van der Waals surface area contributed by atoms with Gasteiger partial charge in [0.15, 0.2) is 0 Å². The highest BCUT2D eigenvalue weighted by molar-refractivity contribution is 5.61. The lowest BCUT2D eigenvalue weighted by atomic mass is 10.2. The Kier molecular flexibility index (Phi) is 5.32. The van der Waals surface area contributed by atoms with E-state index < -0.39 is 18.6 Å². The lowest BCUT2D eigenvalue weighted by molar-refractivity contribution is -0.136. The van der Waals surface area contributed by atoms with E-state index in [0.29, 0.717) is 23.7 Å². The predicted molar refractivity (Wildman–Crippen MR) is 70.4 cm³/mol. The first-order valence-corrected chi connectivity index (χ1v) is 6.17. The molecule has 3 N–H and O–H groups in total. The van der Waals surface area contributed by atoms with Gasteiger partial charge in [-0.15, -0.1) is 0 Å². The van der Waals surface area contributed by atoms with Crippen LogP contribution < -0.4 is 15.8 Å². The number of benzene rings is 1. The highest BCUT2D eigenvalue weighted by Crippen LogP contribution is 2.28. The van der Waals surface area contributed by atoms with E-state index in [2.05, 4.69) is 5.32 Å². The maximum Gasteiger partial charge on any atom is 0.391 e. The van der Waals surface area contributed by atoms with Crippen molar-refractivity contribution in [1.29, 1.82) is 0 Å². The first-order valence-electron chi connectivity index (χ1n) is 6.17. The average molecular weight is 276 g/mol. The summed E-state index contributed by atoms with van der Waals surface area (Å²) < 4.78 is 42.1. The van der Waals surface area contributed by atoms with Gasteiger partial charge in [0.25, 0.3) is 0 Å². The highest BCUT2D eigenvalue weighted by Gasteiger charge is 2.29. The minimum Gasteiger partial charge on any atom is -0.491 e. The van der Waals surface area contributed by atoms with Crippen molar-refractivity contribution in [3.05, 3.63) is 18.2 Å². The van der Waals surface area contributed by atoms with E-state index in [1.165, 1.54) is 6.92 Å². The zero-order valence-corrected chi connectivity index (χ0v) is 11.1. The van der Waals surface area contributed by atoms with Crippen LogP contribution in [0.5, 0.6) is 5.75 Å². The second kappa shape index (κ2) is 6.54. The number of rotatable bonds is 6. The molecule has 0 aromatic heterocycles. The van der Waals surface area contributed by atoms with Crippen molar-refractivity contribution in [2.24, 2.45) is 0 Å². The molecule has 1 atom stereocenters. The molecule has 108 valence electrons. The third kappa shape index (κ3) is 5.72. The Balaban J connectivity index is 2.68. The molecule has 0 spiro atoms. The molecular formula is C13H19F3N2O. The Morgan fingerprint density at radius 2 is 2.05 bits per heavy atom. The van der Waals surface area contributed by atoms with Crippen LogP contribution in [0.25, 0.3) is 0 Å². The Morgan fingerprint density at radius 1 is 1.37 bits per heavy atom. The van der Waals surface area contributed by atoms with Gasteiger partial charge in [-0.3, -0.25) is 0 Å². The maximum atomic E-state index is 12.2. The molecule has 3 nitrogen and oxygen atoms in total. The molecule has 0 saturated carbocycles. The first kappa shape index (κ1) is 15.5. The molecular weight excluding hydrogens is 257 g/mol. The predicted octanol–water partition coefficient (Wildman–Crippen LogP) is 3.81. The number of halogens is 3. The Labute approximate surface area is 110 Å². The smallest absolute Gasteiger partial charge is 0.391 e. The Morgan fingerprint density at radius 3 is 2.63 bits per heavy atom. The molecule has 0 aliphatic carbocycles. The number of hydrogen-bond acceptors (Lipinski definition) is 3. The maximum absolute atomic E-state index is 12.2. The molecule has 0 aliphatic heterocycles. The van der Waals surface area contributed by atoms with Crippen LogP contribution in [0.4, 0.5) is 24.5 Å². The fourth-order valence-electron chi connectivity index (χ4n) is 1.64. The summed E-state index contributed by atoms with van der Waals surface area (Å²) in [5.41, 5.74) is 6.77. The normalized spacial score (nSPS) is 13.1. The summed E-state index contributed by atoms with van der Waals surface area (Å²) in [5, 5.41) is 2.79. The minimum atomic E-state index is -4.18. The number of hydrogen-bond donors (Lipinski definition) is 2. The lowest BCUT2D eigenvalue weighted by Crippen LogP contribution is -2.23. The van der Waals surface area contributed by atoms with Crippen LogP contribution >= 0.6 is 0 Å². The van der Waals surface area contributed by atoms with Crippen molar-refractivity contribution in [2.45, 2.75) is 38.9 Å².